The molecule has 0 aliphatic carbocycles. The summed E-state index contributed by atoms with van der Waals surface area (Å²) in [5.41, 5.74) is 1.41. The highest BCUT2D eigenvalue weighted by Gasteiger charge is 2.14. The summed E-state index contributed by atoms with van der Waals surface area (Å²) < 4.78 is 4.93. The number of amides is 1. The highest BCUT2D eigenvalue weighted by Crippen LogP contribution is 2.17. The van der Waals surface area contributed by atoms with Gasteiger partial charge in [0.25, 0.3) is 5.91 Å². The van der Waals surface area contributed by atoms with Crippen molar-refractivity contribution in [2.24, 2.45) is 0 Å². The Morgan fingerprint density at radius 2 is 1.83 bits per heavy atom. The predicted octanol–water partition coefficient (Wildman–Crippen LogP) is 2.38. The maximum Gasteiger partial charge on any atom is 0.330 e. The summed E-state index contributed by atoms with van der Waals surface area (Å²) in [7, 11) is 0. The maximum atomic E-state index is 12.0. The number of rotatable bonds is 7. The molecule has 0 saturated heterocycles. The minimum atomic E-state index is -0.708. The molecule has 10 heteroatoms. The van der Waals surface area contributed by atoms with Gasteiger partial charge in [-0.15, -0.1) is 10.2 Å². The number of tetrazole rings is 1. The molecule has 0 bridgehead atoms. The van der Waals surface area contributed by atoms with E-state index in [0.29, 0.717) is 27.7 Å². The van der Waals surface area contributed by atoms with Crippen molar-refractivity contribution in [3.63, 3.8) is 0 Å². The van der Waals surface area contributed by atoms with Crippen molar-refractivity contribution in [3.8, 4) is 11.4 Å². The number of ether oxygens (including phenoxy) is 1. The fourth-order valence-electron chi connectivity index (χ4n) is 2.42. The molecule has 29 heavy (non-hydrogen) atoms. The van der Waals surface area contributed by atoms with Gasteiger partial charge in [-0.2, -0.15) is 4.80 Å². The minimum Gasteiger partial charge on any atom is -0.454 e. The summed E-state index contributed by atoms with van der Waals surface area (Å²) in [6.07, 6.45) is 0. The first kappa shape index (κ1) is 20.2. The summed E-state index contributed by atoms with van der Waals surface area (Å²) in [5.74, 6) is -1.14. The number of hydrogen-bond donors (Lipinski definition) is 1. The third-order valence-electron chi connectivity index (χ3n) is 3.77. The Hall–Kier alpha value is -3.59. The van der Waals surface area contributed by atoms with Gasteiger partial charge in [0.2, 0.25) is 5.82 Å². The van der Waals surface area contributed by atoms with E-state index in [1.165, 1.54) is 6.92 Å². The second-order valence-corrected chi connectivity index (χ2v) is 6.40. The second kappa shape index (κ2) is 9.07. The monoisotopic (exact) mass is 413 g/mol. The molecule has 0 saturated carbocycles. The average Bonchev–Trinajstić information content (AvgIpc) is 3.15. The van der Waals surface area contributed by atoms with Crippen LogP contribution in [-0.2, 0) is 20.9 Å². The smallest absolute Gasteiger partial charge is 0.330 e. The van der Waals surface area contributed by atoms with Gasteiger partial charge < -0.3 is 10.1 Å². The molecule has 3 rings (SSSR count). The van der Waals surface area contributed by atoms with Crippen LogP contribution < -0.4 is 5.32 Å². The fourth-order valence-corrected chi connectivity index (χ4v) is 2.54. The molecule has 148 valence electrons. The van der Waals surface area contributed by atoms with E-state index < -0.39 is 18.5 Å². The van der Waals surface area contributed by atoms with Crippen molar-refractivity contribution < 1.29 is 19.1 Å². The standard InChI is InChI=1S/C19H16ClN5O4/c1-12(26)15-4-2-3-5-16(15)21-17(27)11-29-18(28)10-25-23-19(22-24-25)13-6-8-14(20)9-7-13/h2-9H,10-11H2,1H3,(H,21,27). The first-order chi connectivity index (χ1) is 13.9. The Morgan fingerprint density at radius 3 is 2.55 bits per heavy atom. The molecule has 0 spiro atoms. The number of ketones is 1. The summed E-state index contributed by atoms with van der Waals surface area (Å²) in [6, 6.07) is 13.4. The van der Waals surface area contributed by atoms with E-state index >= 15 is 0 Å². The number of nitrogens with one attached hydrogen (secondary N) is 1. The zero-order valence-corrected chi connectivity index (χ0v) is 16.1. The van der Waals surface area contributed by atoms with Gasteiger partial charge in [-0.3, -0.25) is 9.59 Å². The lowest BCUT2D eigenvalue weighted by molar-refractivity contribution is -0.148. The molecule has 0 aliphatic rings. The second-order valence-electron chi connectivity index (χ2n) is 5.96. The zero-order valence-electron chi connectivity index (χ0n) is 15.3. The van der Waals surface area contributed by atoms with Crippen molar-refractivity contribution in [2.45, 2.75) is 13.5 Å². The predicted molar refractivity (Wildman–Crippen MR) is 104 cm³/mol. The maximum absolute atomic E-state index is 12.0. The number of carbonyl (C=O) groups excluding carboxylic acids is 3. The van der Waals surface area contributed by atoms with E-state index in [1.54, 1.807) is 48.5 Å². The Labute approximate surface area is 170 Å². The van der Waals surface area contributed by atoms with E-state index in [9.17, 15) is 14.4 Å². The number of halogens is 1. The van der Waals surface area contributed by atoms with E-state index in [-0.39, 0.29) is 12.3 Å². The summed E-state index contributed by atoms with van der Waals surface area (Å²) in [4.78, 5) is 36.6. The third-order valence-corrected chi connectivity index (χ3v) is 4.02. The van der Waals surface area contributed by atoms with Crippen LogP contribution in [-0.4, -0.2) is 44.5 Å². The number of nitrogens with zero attached hydrogens (tertiary/aromatic N) is 4. The quantitative estimate of drug-likeness (QED) is 0.467. The van der Waals surface area contributed by atoms with Gasteiger partial charge in [0, 0.05) is 16.1 Å². The molecule has 1 amide bonds. The Morgan fingerprint density at radius 1 is 1.10 bits per heavy atom. The molecular weight excluding hydrogens is 398 g/mol. The molecule has 2 aromatic carbocycles. The number of hydrogen-bond acceptors (Lipinski definition) is 7. The van der Waals surface area contributed by atoms with Crippen LogP contribution in [0.3, 0.4) is 0 Å². The van der Waals surface area contributed by atoms with Crippen LogP contribution >= 0.6 is 11.6 Å². The van der Waals surface area contributed by atoms with Gasteiger partial charge in [-0.1, -0.05) is 23.7 Å². The SMILES string of the molecule is CC(=O)c1ccccc1NC(=O)COC(=O)Cn1nnc(-c2ccc(Cl)cc2)n1. The lowest BCUT2D eigenvalue weighted by atomic mass is 10.1. The van der Waals surface area contributed by atoms with Crippen LogP contribution in [0.2, 0.25) is 5.02 Å². The van der Waals surface area contributed by atoms with Gasteiger partial charge in [0.15, 0.2) is 18.9 Å². The number of esters is 1. The van der Waals surface area contributed by atoms with E-state index in [2.05, 4.69) is 20.7 Å². The largest absolute Gasteiger partial charge is 0.454 e. The molecule has 0 aliphatic heterocycles. The van der Waals surface area contributed by atoms with Crippen molar-refractivity contribution >= 4 is 34.9 Å². The molecule has 3 aromatic rings. The van der Waals surface area contributed by atoms with Crippen molar-refractivity contribution in [3.05, 3.63) is 59.1 Å². The van der Waals surface area contributed by atoms with Crippen LogP contribution in [0.15, 0.2) is 48.5 Å². The van der Waals surface area contributed by atoms with Crippen LogP contribution in [0, 0.1) is 0 Å². The van der Waals surface area contributed by atoms with Crippen molar-refractivity contribution in [1.29, 1.82) is 0 Å². The average molecular weight is 414 g/mol. The van der Waals surface area contributed by atoms with E-state index in [0.717, 1.165) is 4.80 Å². The van der Waals surface area contributed by atoms with Gasteiger partial charge in [0.1, 0.15) is 0 Å². The lowest BCUT2D eigenvalue weighted by Gasteiger charge is -2.09. The van der Waals surface area contributed by atoms with Gasteiger partial charge in [-0.25, -0.2) is 4.79 Å². The number of carbonyl (C=O) groups is 3. The van der Waals surface area contributed by atoms with Gasteiger partial charge in [-0.05, 0) is 48.5 Å². The normalized spacial score (nSPS) is 10.4. The number of para-hydroxylation sites is 1. The molecule has 0 unspecified atom stereocenters. The first-order valence-corrected chi connectivity index (χ1v) is 8.89. The van der Waals surface area contributed by atoms with Gasteiger partial charge >= 0.3 is 5.97 Å². The molecule has 1 heterocycles. The Balaban J connectivity index is 1.52. The van der Waals surface area contributed by atoms with E-state index in [4.69, 9.17) is 16.3 Å². The van der Waals surface area contributed by atoms with Crippen LogP contribution in [0.1, 0.15) is 17.3 Å². The molecule has 0 fully saturated rings. The third kappa shape index (κ3) is 5.45. The minimum absolute atomic E-state index is 0.188. The molecule has 0 atom stereocenters. The molecule has 1 aromatic heterocycles. The summed E-state index contributed by atoms with van der Waals surface area (Å²) >= 11 is 5.84. The van der Waals surface area contributed by atoms with Crippen LogP contribution in [0.4, 0.5) is 5.69 Å². The fraction of sp³-hybridized carbons (Fsp3) is 0.158. The first-order valence-electron chi connectivity index (χ1n) is 8.51. The highest BCUT2D eigenvalue weighted by atomic mass is 35.5. The van der Waals surface area contributed by atoms with Crippen LogP contribution in [0.5, 0.6) is 0 Å². The van der Waals surface area contributed by atoms with E-state index in [1.807, 2.05) is 0 Å². The molecule has 9 nitrogen and oxygen atoms in total. The highest BCUT2D eigenvalue weighted by molar-refractivity contribution is 6.30. The zero-order chi connectivity index (χ0) is 20.8. The molecular formula is C19H16ClN5O4. The van der Waals surface area contributed by atoms with Gasteiger partial charge in [0.05, 0.1) is 5.69 Å². The molecule has 0 radical (unpaired) electrons. The Bertz CT molecular complexity index is 1050. The van der Waals surface area contributed by atoms with Crippen molar-refractivity contribution in [1.82, 2.24) is 20.2 Å². The summed E-state index contributed by atoms with van der Waals surface area (Å²) in [5, 5.41) is 14.9. The van der Waals surface area contributed by atoms with Crippen LogP contribution in [0.25, 0.3) is 11.4 Å². The van der Waals surface area contributed by atoms with Crippen molar-refractivity contribution in [2.75, 3.05) is 11.9 Å². The topological polar surface area (TPSA) is 116 Å². The number of benzene rings is 2. The summed E-state index contributed by atoms with van der Waals surface area (Å²) in [6.45, 7) is 0.580. The number of aromatic nitrogens is 4. The lowest BCUT2D eigenvalue weighted by Crippen LogP contribution is -2.24. The number of Topliss-reactive ketones (excluding diaryl/α,β-unsaturated/α-hetero) is 1. The Kier molecular flexibility index (Phi) is 6.30. The molecule has 1 N–H and O–H groups in total. The number of anilines is 1.